The average molecular weight is 499 g/mol. The predicted octanol–water partition coefficient (Wildman–Crippen LogP) is 0.283. The van der Waals surface area contributed by atoms with Gasteiger partial charge in [0.25, 0.3) is 0 Å². The van der Waals surface area contributed by atoms with Gasteiger partial charge in [0.1, 0.15) is 30.5 Å². The number of rotatable bonds is 5. The van der Waals surface area contributed by atoms with Crippen LogP contribution in [0.15, 0.2) is 11.6 Å². The van der Waals surface area contributed by atoms with E-state index in [9.17, 15) is 35.4 Å². The van der Waals surface area contributed by atoms with Crippen molar-refractivity contribution in [1.29, 1.82) is 0 Å². The molecule has 4 rings (SSSR count). The smallest absolute Gasteiger partial charge is 0.186 e. The summed E-state index contributed by atoms with van der Waals surface area (Å²) in [5.74, 6) is 0.362. The molecule has 9 nitrogen and oxygen atoms in total. The quantitative estimate of drug-likeness (QED) is 0.293. The van der Waals surface area contributed by atoms with Gasteiger partial charge >= 0.3 is 0 Å². The minimum atomic E-state index is -1.53. The Morgan fingerprint density at radius 1 is 1.09 bits per heavy atom. The van der Waals surface area contributed by atoms with Crippen LogP contribution < -0.4 is 0 Å². The van der Waals surface area contributed by atoms with E-state index >= 15 is 0 Å². The molecule has 3 aliphatic carbocycles. The summed E-state index contributed by atoms with van der Waals surface area (Å²) >= 11 is 0. The van der Waals surface area contributed by atoms with Crippen LogP contribution in [0.2, 0.25) is 0 Å². The van der Waals surface area contributed by atoms with E-state index in [4.69, 9.17) is 9.47 Å². The Bertz CT molecular complexity index is 841. The summed E-state index contributed by atoms with van der Waals surface area (Å²) in [5.41, 5.74) is -0.0964. The van der Waals surface area contributed by atoms with Crippen molar-refractivity contribution in [2.75, 3.05) is 13.2 Å². The largest absolute Gasteiger partial charge is 0.394 e. The first-order valence-electron chi connectivity index (χ1n) is 12.8. The number of aliphatic hydroxyl groups excluding tert-OH is 6. The van der Waals surface area contributed by atoms with Gasteiger partial charge in [-0.2, -0.15) is 0 Å². The molecule has 0 aromatic rings. The fraction of sp³-hybridized carbons (Fsp3) is 0.885. The number of aliphatic hydroxyl groups is 6. The van der Waals surface area contributed by atoms with Crippen molar-refractivity contribution >= 4 is 5.78 Å². The van der Waals surface area contributed by atoms with E-state index in [1.807, 2.05) is 20.8 Å². The van der Waals surface area contributed by atoms with Crippen molar-refractivity contribution in [3.05, 3.63) is 11.6 Å². The Kier molecular flexibility index (Phi) is 7.32. The molecule has 200 valence electrons. The van der Waals surface area contributed by atoms with Crippen LogP contribution in [-0.4, -0.2) is 92.5 Å². The number of Topliss-reactive ketones (excluding diaryl/α,β-unsaturated/α-hetero) is 1. The second kappa shape index (κ2) is 9.44. The van der Waals surface area contributed by atoms with Crippen LogP contribution in [0.4, 0.5) is 0 Å². The molecule has 11 atom stereocenters. The molecule has 0 bridgehead atoms. The maximum atomic E-state index is 12.7. The summed E-state index contributed by atoms with van der Waals surface area (Å²) in [7, 11) is 0. The predicted molar refractivity (Wildman–Crippen MR) is 125 cm³/mol. The van der Waals surface area contributed by atoms with E-state index in [0.29, 0.717) is 12.8 Å². The van der Waals surface area contributed by atoms with Gasteiger partial charge in [-0.25, -0.2) is 0 Å². The molecule has 0 aromatic carbocycles. The third-order valence-electron chi connectivity index (χ3n) is 9.72. The van der Waals surface area contributed by atoms with Crippen LogP contribution in [0.1, 0.15) is 59.8 Å². The summed E-state index contributed by atoms with van der Waals surface area (Å²) in [4.78, 5) is 12.7. The van der Waals surface area contributed by atoms with E-state index in [1.54, 1.807) is 0 Å². The molecule has 35 heavy (non-hydrogen) atoms. The molecule has 0 amide bonds. The Hall–Kier alpha value is -0.910. The van der Waals surface area contributed by atoms with E-state index in [1.165, 1.54) is 5.57 Å². The lowest BCUT2D eigenvalue weighted by atomic mass is 9.44. The van der Waals surface area contributed by atoms with Gasteiger partial charge in [-0.15, -0.1) is 0 Å². The zero-order chi connectivity index (χ0) is 25.9. The van der Waals surface area contributed by atoms with E-state index < -0.39 is 60.4 Å². The fourth-order valence-corrected chi connectivity index (χ4v) is 7.54. The molecule has 0 unspecified atom stereocenters. The maximum absolute atomic E-state index is 12.7. The number of ether oxygens (including phenoxy) is 2. The number of ketones is 1. The van der Waals surface area contributed by atoms with Crippen molar-refractivity contribution in [2.45, 2.75) is 103 Å². The van der Waals surface area contributed by atoms with Gasteiger partial charge in [0.15, 0.2) is 12.1 Å². The van der Waals surface area contributed by atoms with Gasteiger partial charge < -0.3 is 40.1 Å². The molecule has 1 aliphatic heterocycles. The van der Waals surface area contributed by atoms with Crippen LogP contribution in [0.3, 0.4) is 0 Å². The van der Waals surface area contributed by atoms with Crippen molar-refractivity contribution < 1.29 is 44.9 Å². The first kappa shape index (κ1) is 27.1. The molecule has 1 heterocycles. The van der Waals surface area contributed by atoms with Crippen LogP contribution in [-0.2, 0) is 14.3 Å². The van der Waals surface area contributed by atoms with Crippen molar-refractivity contribution in [2.24, 2.45) is 28.1 Å². The standard InChI is InChI=1S/C26H42O9/c1-24(2)17-6-5-13-9-25(3,8-7-14(13)26(17,4)10-15(28)22(24)33)18(29)12-34-23-21(32)20(31)19(30)16(11-27)35-23/h9,14-21,23,27-32H,5-8,10-12H2,1-4H3/t14-,15-,16-,17-,18+,19-,20+,21-,23-,25+,26+/m1/s1. The molecule has 1 saturated heterocycles. The lowest BCUT2D eigenvalue weighted by Gasteiger charge is -2.59. The third-order valence-corrected chi connectivity index (χ3v) is 9.72. The molecule has 6 N–H and O–H groups in total. The molecule has 3 fully saturated rings. The highest BCUT2D eigenvalue weighted by molar-refractivity contribution is 5.89. The summed E-state index contributed by atoms with van der Waals surface area (Å²) in [6.45, 7) is 7.39. The molecule has 2 saturated carbocycles. The summed E-state index contributed by atoms with van der Waals surface area (Å²) < 4.78 is 11.0. The zero-order valence-electron chi connectivity index (χ0n) is 21.1. The molecular weight excluding hydrogens is 456 g/mol. The number of hydrogen-bond donors (Lipinski definition) is 6. The van der Waals surface area contributed by atoms with Crippen LogP contribution in [0.5, 0.6) is 0 Å². The normalized spacial score (nSPS) is 48.5. The Balaban J connectivity index is 1.47. The SMILES string of the molecule is CC1(C)C(=O)[C@H](O)C[C@@]2(C)[C@@H]3CC[C@](C)([C@@H](O)CO[C@@H]4O[C@H](CO)[C@@H](O)[C@H](O)[C@H]4O)C=C3CC[C@H]12. The Morgan fingerprint density at radius 3 is 2.43 bits per heavy atom. The van der Waals surface area contributed by atoms with Gasteiger partial charge in [-0.1, -0.05) is 39.3 Å². The van der Waals surface area contributed by atoms with Crippen LogP contribution >= 0.6 is 0 Å². The first-order chi connectivity index (χ1) is 16.3. The number of hydrogen-bond acceptors (Lipinski definition) is 9. The van der Waals surface area contributed by atoms with Gasteiger partial charge in [0, 0.05) is 10.8 Å². The topological polar surface area (TPSA) is 157 Å². The molecule has 0 radical (unpaired) electrons. The van der Waals surface area contributed by atoms with Gasteiger partial charge in [-0.05, 0) is 49.4 Å². The third kappa shape index (κ3) is 4.42. The maximum Gasteiger partial charge on any atom is 0.186 e. The van der Waals surface area contributed by atoms with Gasteiger partial charge in [-0.3, -0.25) is 4.79 Å². The van der Waals surface area contributed by atoms with Crippen molar-refractivity contribution in [3.8, 4) is 0 Å². The Labute approximate surface area is 206 Å². The van der Waals surface area contributed by atoms with E-state index in [0.717, 1.165) is 19.3 Å². The second-order valence-corrected chi connectivity index (χ2v) is 12.3. The van der Waals surface area contributed by atoms with Crippen molar-refractivity contribution in [3.63, 3.8) is 0 Å². The van der Waals surface area contributed by atoms with Gasteiger partial charge in [0.05, 0.1) is 19.3 Å². The molecule has 0 spiro atoms. The monoisotopic (exact) mass is 498 g/mol. The highest BCUT2D eigenvalue weighted by Gasteiger charge is 2.60. The highest BCUT2D eigenvalue weighted by Crippen LogP contribution is 2.63. The van der Waals surface area contributed by atoms with Gasteiger partial charge in [0.2, 0.25) is 0 Å². The fourth-order valence-electron chi connectivity index (χ4n) is 7.54. The summed E-state index contributed by atoms with van der Waals surface area (Å²) in [6.07, 6.45) is -2.92. The number of fused-ring (bicyclic) bond motifs is 3. The number of allylic oxidation sites excluding steroid dienone is 1. The Morgan fingerprint density at radius 2 is 1.77 bits per heavy atom. The van der Waals surface area contributed by atoms with Crippen LogP contribution in [0, 0.1) is 28.1 Å². The minimum absolute atomic E-state index is 0.0613. The van der Waals surface area contributed by atoms with E-state index in [2.05, 4.69) is 13.0 Å². The lowest BCUT2D eigenvalue weighted by Crippen LogP contribution is -2.59. The highest BCUT2D eigenvalue weighted by atomic mass is 16.7. The number of carbonyl (C=O) groups excluding carboxylic acids is 1. The lowest BCUT2D eigenvalue weighted by molar-refractivity contribution is -0.306. The average Bonchev–Trinajstić information content (AvgIpc) is 2.80. The molecule has 0 aromatic heterocycles. The first-order valence-corrected chi connectivity index (χ1v) is 12.8. The summed E-state index contributed by atoms with van der Waals surface area (Å²) in [5, 5.41) is 61.1. The molecule has 9 heteroatoms. The van der Waals surface area contributed by atoms with Crippen LogP contribution in [0.25, 0.3) is 0 Å². The number of carbonyl (C=O) groups is 1. The molecule has 4 aliphatic rings. The summed E-state index contributed by atoms with van der Waals surface area (Å²) in [6, 6.07) is 0. The zero-order valence-corrected chi connectivity index (χ0v) is 21.1. The molecular formula is C26H42O9. The second-order valence-electron chi connectivity index (χ2n) is 12.3. The van der Waals surface area contributed by atoms with Crippen molar-refractivity contribution in [1.82, 2.24) is 0 Å². The minimum Gasteiger partial charge on any atom is -0.394 e. The van der Waals surface area contributed by atoms with E-state index in [-0.39, 0.29) is 29.6 Å².